The highest BCUT2D eigenvalue weighted by molar-refractivity contribution is 5.89. The van der Waals surface area contributed by atoms with Gasteiger partial charge in [-0.15, -0.1) is 0 Å². The molecule has 0 saturated carbocycles. The Labute approximate surface area is 209 Å². The quantitative estimate of drug-likeness (QED) is 0.560. The number of aromatic nitrogens is 4. The molecule has 1 aromatic carbocycles. The van der Waals surface area contributed by atoms with Crippen molar-refractivity contribution < 1.29 is 14.3 Å². The summed E-state index contributed by atoms with van der Waals surface area (Å²) in [4.78, 5) is 46.7. The Kier molecular flexibility index (Phi) is 7.49. The average Bonchev–Trinajstić information content (AvgIpc) is 3.35. The summed E-state index contributed by atoms with van der Waals surface area (Å²) >= 11 is 0. The first-order valence-corrected chi connectivity index (χ1v) is 11.9. The molecule has 0 radical (unpaired) electrons. The Morgan fingerprint density at radius 1 is 1.08 bits per heavy atom. The average molecular weight is 494 g/mol. The van der Waals surface area contributed by atoms with Gasteiger partial charge in [-0.2, -0.15) is 4.98 Å². The number of imidazole rings is 1. The number of piperidine rings is 1. The molecule has 11 heteroatoms. The number of carbonyl (C=O) groups excluding carboxylic acids is 2. The van der Waals surface area contributed by atoms with Gasteiger partial charge in [0, 0.05) is 44.3 Å². The Morgan fingerprint density at radius 3 is 2.42 bits per heavy atom. The Balaban J connectivity index is 1.29. The number of rotatable bonds is 5. The Morgan fingerprint density at radius 2 is 1.81 bits per heavy atom. The van der Waals surface area contributed by atoms with Gasteiger partial charge in [-0.3, -0.25) is 19.4 Å². The minimum absolute atomic E-state index is 0.116. The molecule has 2 aromatic heterocycles. The molecule has 1 fully saturated rings. The van der Waals surface area contributed by atoms with Crippen molar-refractivity contribution in [1.29, 1.82) is 0 Å². The second-order valence-corrected chi connectivity index (χ2v) is 9.73. The van der Waals surface area contributed by atoms with E-state index in [0.29, 0.717) is 5.69 Å². The third-order valence-corrected chi connectivity index (χ3v) is 5.71. The molecule has 2 N–H and O–H groups in total. The van der Waals surface area contributed by atoms with E-state index >= 15 is 0 Å². The fourth-order valence-electron chi connectivity index (χ4n) is 3.95. The lowest BCUT2D eigenvalue weighted by Crippen LogP contribution is -2.45. The number of hydrogen-bond donors (Lipinski definition) is 2. The minimum atomic E-state index is -0.503. The van der Waals surface area contributed by atoms with E-state index in [4.69, 9.17) is 4.74 Å². The minimum Gasteiger partial charge on any atom is -0.444 e. The van der Waals surface area contributed by atoms with Gasteiger partial charge in [-0.05, 0) is 57.4 Å². The first-order valence-electron chi connectivity index (χ1n) is 11.9. The van der Waals surface area contributed by atoms with Crippen molar-refractivity contribution in [2.24, 2.45) is 0 Å². The number of benzene rings is 1. The summed E-state index contributed by atoms with van der Waals surface area (Å²) < 4.78 is 8.02. The van der Waals surface area contributed by atoms with E-state index in [-0.39, 0.29) is 18.0 Å². The van der Waals surface area contributed by atoms with Crippen LogP contribution in [0.15, 0.2) is 60.0 Å². The summed E-state index contributed by atoms with van der Waals surface area (Å²) in [6, 6.07) is 8.96. The predicted octanol–water partition coefficient (Wildman–Crippen LogP) is 3.00. The van der Waals surface area contributed by atoms with E-state index in [9.17, 15) is 14.4 Å². The van der Waals surface area contributed by atoms with Crippen molar-refractivity contribution >= 4 is 17.9 Å². The van der Waals surface area contributed by atoms with Gasteiger partial charge in [0.15, 0.2) is 0 Å². The summed E-state index contributed by atoms with van der Waals surface area (Å²) in [5.41, 5.74) is 0.814. The second kappa shape index (κ2) is 10.7. The van der Waals surface area contributed by atoms with Gasteiger partial charge in [-0.1, -0.05) is 12.1 Å². The number of likely N-dealkylation sites (tertiary alicyclic amines) is 1. The van der Waals surface area contributed by atoms with E-state index in [0.717, 1.165) is 38.0 Å². The van der Waals surface area contributed by atoms with Crippen molar-refractivity contribution in [2.75, 3.05) is 18.4 Å². The first-order chi connectivity index (χ1) is 17.2. The zero-order chi connectivity index (χ0) is 25.7. The lowest BCUT2D eigenvalue weighted by Gasteiger charge is -2.32. The number of ether oxygens (including phenoxy) is 1. The summed E-state index contributed by atoms with van der Waals surface area (Å²) in [7, 11) is 0. The van der Waals surface area contributed by atoms with Gasteiger partial charge in [0.25, 0.3) is 0 Å². The number of nitrogens with one attached hydrogen (secondary N) is 2. The van der Waals surface area contributed by atoms with Crippen molar-refractivity contribution in [3.8, 4) is 5.69 Å². The third-order valence-electron chi connectivity index (χ3n) is 5.71. The molecule has 0 bridgehead atoms. The Hall–Kier alpha value is -3.99. The zero-order valence-electron chi connectivity index (χ0n) is 20.7. The van der Waals surface area contributed by atoms with Gasteiger partial charge in [0.1, 0.15) is 17.7 Å². The highest BCUT2D eigenvalue weighted by Crippen LogP contribution is 2.16. The van der Waals surface area contributed by atoms with Crippen LogP contribution >= 0.6 is 0 Å². The fourth-order valence-corrected chi connectivity index (χ4v) is 3.95. The SMILES string of the molecule is CC(C)(C)OC(=O)NC1CCN(Cc2ccc(-n3ccc(NC(=O)n4ccnc4)nc3=O)cc2)CC1. The molecule has 0 unspecified atom stereocenters. The molecule has 3 aromatic rings. The molecule has 11 nitrogen and oxygen atoms in total. The second-order valence-electron chi connectivity index (χ2n) is 9.73. The maximum Gasteiger partial charge on any atom is 0.407 e. The standard InChI is InChI=1S/C25H31N7O4/c1-25(2,3)36-24(35)27-19-8-12-30(13-9-19)16-18-4-6-20(7-5-18)32-14-10-21(29-23(32)34)28-22(33)31-15-11-26-17-31/h4-7,10-11,14-15,17,19H,8-9,12-13,16H2,1-3H3,(H,27,35)(H,28,29,33,34). The van der Waals surface area contributed by atoms with Crippen LogP contribution in [-0.4, -0.2) is 60.9 Å². The van der Waals surface area contributed by atoms with Crippen LogP contribution in [0.3, 0.4) is 0 Å². The number of amides is 2. The van der Waals surface area contributed by atoms with Gasteiger partial charge < -0.3 is 10.1 Å². The van der Waals surface area contributed by atoms with Gasteiger partial charge in [0.2, 0.25) is 0 Å². The number of alkyl carbamates (subject to hydrolysis) is 1. The summed E-state index contributed by atoms with van der Waals surface area (Å²) in [5, 5.41) is 5.52. The van der Waals surface area contributed by atoms with E-state index in [1.54, 1.807) is 12.3 Å². The fraction of sp³-hybridized carbons (Fsp3) is 0.400. The number of carbonyl (C=O) groups is 2. The van der Waals surface area contributed by atoms with Crippen LogP contribution in [0.1, 0.15) is 39.2 Å². The van der Waals surface area contributed by atoms with E-state index in [1.165, 1.54) is 27.9 Å². The number of anilines is 1. The molecule has 36 heavy (non-hydrogen) atoms. The van der Waals surface area contributed by atoms with Crippen LogP contribution in [0.4, 0.5) is 15.4 Å². The molecule has 0 spiro atoms. The lowest BCUT2D eigenvalue weighted by molar-refractivity contribution is 0.0477. The molecule has 0 atom stereocenters. The normalized spacial score (nSPS) is 14.9. The van der Waals surface area contributed by atoms with Crippen molar-refractivity contribution in [1.82, 2.24) is 29.3 Å². The highest BCUT2D eigenvalue weighted by atomic mass is 16.6. The number of hydrogen-bond acceptors (Lipinski definition) is 7. The molecule has 3 heterocycles. The van der Waals surface area contributed by atoms with Gasteiger partial charge in [-0.25, -0.2) is 19.4 Å². The predicted molar refractivity (Wildman–Crippen MR) is 134 cm³/mol. The monoisotopic (exact) mass is 493 g/mol. The smallest absolute Gasteiger partial charge is 0.407 e. The number of nitrogens with zero attached hydrogens (tertiary/aromatic N) is 5. The highest BCUT2D eigenvalue weighted by Gasteiger charge is 2.23. The van der Waals surface area contributed by atoms with E-state index in [2.05, 4.69) is 25.5 Å². The van der Waals surface area contributed by atoms with Crippen molar-refractivity contribution in [2.45, 2.75) is 51.8 Å². The summed E-state index contributed by atoms with van der Waals surface area (Å²) in [5.74, 6) is 0.163. The van der Waals surface area contributed by atoms with Crippen LogP contribution in [0.5, 0.6) is 0 Å². The van der Waals surface area contributed by atoms with Crippen molar-refractivity contribution in [3.05, 3.63) is 71.3 Å². The van der Waals surface area contributed by atoms with Crippen molar-refractivity contribution in [3.63, 3.8) is 0 Å². The molecular formula is C25H31N7O4. The molecular weight excluding hydrogens is 462 g/mol. The zero-order valence-corrected chi connectivity index (χ0v) is 20.7. The Bertz CT molecular complexity index is 1240. The topological polar surface area (TPSA) is 123 Å². The van der Waals surface area contributed by atoms with Crippen LogP contribution in [-0.2, 0) is 11.3 Å². The van der Waals surface area contributed by atoms with Crippen LogP contribution < -0.4 is 16.3 Å². The maximum atomic E-state index is 12.5. The molecule has 1 saturated heterocycles. The van der Waals surface area contributed by atoms with Crippen LogP contribution in [0.2, 0.25) is 0 Å². The molecule has 190 valence electrons. The van der Waals surface area contributed by atoms with Crippen LogP contribution in [0.25, 0.3) is 5.69 Å². The maximum absolute atomic E-state index is 12.5. The van der Waals surface area contributed by atoms with Gasteiger partial charge in [0.05, 0.1) is 5.69 Å². The molecule has 2 amide bonds. The van der Waals surface area contributed by atoms with E-state index < -0.39 is 17.3 Å². The summed E-state index contributed by atoms with van der Waals surface area (Å²) in [6.07, 6.45) is 7.29. The van der Waals surface area contributed by atoms with Gasteiger partial charge >= 0.3 is 17.8 Å². The van der Waals surface area contributed by atoms with E-state index in [1.807, 2.05) is 45.0 Å². The molecule has 4 rings (SSSR count). The molecule has 0 aliphatic carbocycles. The first kappa shape index (κ1) is 25.1. The molecule has 1 aliphatic rings. The lowest BCUT2D eigenvalue weighted by atomic mass is 10.0. The molecule has 1 aliphatic heterocycles. The largest absolute Gasteiger partial charge is 0.444 e. The third kappa shape index (κ3) is 6.79. The summed E-state index contributed by atoms with van der Waals surface area (Å²) in [6.45, 7) is 8.09. The van der Waals surface area contributed by atoms with Crippen LogP contribution in [0, 0.1) is 0 Å².